The maximum atomic E-state index is 12.1. The molecule has 0 unspecified atom stereocenters. The van der Waals surface area contributed by atoms with Crippen molar-refractivity contribution in [2.75, 3.05) is 25.0 Å². The maximum absolute atomic E-state index is 12.1. The van der Waals surface area contributed by atoms with Crippen molar-refractivity contribution in [1.29, 1.82) is 0 Å². The lowest BCUT2D eigenvalue weighted by Gasteiger charge is -2.46. The molecule has 7 nitrogen and oxygen atoms in total. The van der Waals surface area contributed by atoms with E-state index >= 15 is 0 Å². The average molecular weight is 426 g/mol. The number of urea groups is 1. The van der Waals surface area contributed by atoms with Crippen LogP contribution in [0.15, 0.2) is 28.7 Å². The molecular formula is C18H24BrN3O4. The molecule has 0 aromatic heterocycles. The first-order valence-corrected chi connectivity index (χ1v) is 9.38. The molecular weight excluding hydrogens is 402 g/mol. The van der Waals surface area contributed by atoms with Gasteiger partial charge >= 0.3 is 12.1 Å². The van der Waals surface area contributed by atoms with E-state index in [-0.39, 0.29) is 23.8 Å². The van der Waals surface area contributed by atoms with Gasteiger partial charge in [-0.25, -0.2) is 9.59 Å². The second kappa shape index (κ2) is 7.08. The molecule has 1 aromatic carbocycles. The zero-order valence-corrected chi connectivity index (χ0v) is 16.8. The van der Waals surface area contributed by atoms with Crippen LogP contribution in [-0.4, -0.2) is 54.0 Å². The topological polar surface area (TPSA) is 79.9 Å². The van der Waals surface area contributed by atoms with Crippen LogP contribution >= 0.6 is 15.9 Å². The van der Waals surface area contributed by atoms with Gasteiger partial charge in [-0.1, -0.05) is 15.9 Å². The van der Waals surface area contributed by atoms with E-state index in [0.29, 0.717) is 26.1 Å². The molecule has 2 aliphatic rings. The molecule has 1 aromatic rings. The van der Waals surface area contributed by atoms with Gasteiger partial charge in [0.2, 0.25) is 0 Å². The Morgan fingerprint density at radius 1 is 1.27 bits per heavy atom. The highest BCUT2D eigenvalue weighted by Gasteiger charge is 2.52. The Balaban J connectivity index is 1.44. The minimum atomic E-state index is -0.508. The summed E-state index contributed by atoms with van der Waals surface area (Å²) in [5.74, 6) is 0. The van der Waals surface area contributed by atoms with Crippen LogP contribution in [0.3, 0.4) is 0 Å². The Bertz CT molecular complexity index is 681. The van der Waals surface area contributed by atoms with E-state index in [1.807, 2.05) is 45.0 Å². The maximum Gasteiger partial charge on any atom is 0.410 e. The Hall–Kier alpha value is -1.80. The number of hydrogen-bond donors (Lipinski definition) is 2. The lowest BCUT2D eigenvalue weighted by atomic mass is 9.90. The van der Waals surface area contributed by atoms with Crippen LogP contribution in [0.2, 0.25) is 0 Å². The molecule has 0 saturated carbocycles. The SMILES string of the molecule is CC(C)(C)OC(=O)N1CC2(C[C@@H](NC(=O)Nc3ccc(Br)cc3)CO2)C1. The van der Waals surface area contributed by atoms with Crippen LogP contribution in [0.5, 0.6) is 0 Å². The van der Waals surface area contributed by atoms with Gasteiger partial charge in [0, 0.05) is 16.6 Å². The van der Waals surface area contributed by atoms with Gasteiger partial charge in [-0.3, -0.25) is 0 Å². The van der Waals surface area contributed by atoms with E-state index in [4.69, 9.17) is 9.47 Å². The molecule has 0 aliphatic carbocycles. The molecule has 0 radical (unpaired) electrons. The number of benzene rings is 1. The van der Waals surface area contributed by atoms with Gasteiger partial charge < -0.3 is 25.0 Å². The van der Waals surface area contributed by atoms with Crippen molar-refractivity contribution in [2.45, 2.75) is 44.4 Å². The minimum Gasteiger partial charge on any atom is -0.444 e. The first kappa shape index (κ1) is 19.0. The smallest absolute Gasteiger partial charge is 0.410 e. The summed E-state index contributed by atoms with van der Waals surface area (Å²) in [7, 11) is 0. The second-order valence-corrected chi connectivity index (χ2v) is 8.75. The molecule has 2 N–H and O–H groups in total. The van der Waals surface area contributed by atoms with Gasteiger partial charge in [-0.15, -0.1) is 0 Å². The number of amides is 3. The third-order valence-corrected chi connectivity index (χ3v) is 4.78. The lowest BCUT2D eigenvalue weighted by molar-refractivity contribution is -0.109. The van der Waals surface area contributed by atoms with E-state index in [1.165, 1.54) is 0 Å². The highest BCUT2D eigenvalue weighted by molar-refractivity contribution is 9.10. The number of rotatable bonds is 2. The van der Waals surface area contributed by atoms with Crippen molar-refractivity contribution in [3.05, 3.63) is 28.7 Å². The standard InChI is InChI=1S/C18H24BrN3O4/c1-17(2,3)26-16(24)22-10-18(11-22)8-14(9-25-18)21-15(23)20-13-6-4-12(19)5-7-13/h4-7,14H,8-11H2,1-3H3,(H2,20,21,23)/t14-/m1/s1. The second-order valence-electron chi connectivity index (χ2n) is 7.84. The van der Waals surface area contributed by atoms with Crippen molar-refractivity contribution in [3.63, 3.8) is 0 Å². The highest BCUT2D eigenvalue weighted by Crippen LogP contribution is 2.35. The Morgan fingerprint density at radius 3 is 2.54 bits per heavy atom. The van der Waals surface area contributed by atoms with Gasteiger partial charge in [0.1, 0.15) is 11.2 Å². The molecule has 8 heteroatoms. The van der Waals surface area contributed by atoms with Gasteiger partial charge in [0.15, 0.2) is 0 Å². The number of anilines is 1. The minimum absolute atomic E-state index is 0.0776. The molecule has 1 spiro atoms. The van der Waals surface area contributed by atoms with Gasteiger partial charge in [0.25, 0.3) is 0 Å². The fraction of sp³-hybridized carbons (Fsp3) is 0.556. The van der Waals surface area contributed by atoms with Crippen LogP contribution in [-0.2, 0) is 9.47 Å². The van der Waals surface area contributed by atoms with Crippen LogP contribution in [0.1, 0.15) is 27.2 Å². The number of halogens is 1. The molecule has 26 heavy (non-hydrogen) atoms. The van der Waals surface area contributed by atoms with E-state index in [1.54, 1.807) is 4.90 Å². The predicted molar refractivity (Wildman–Crippen MR) is 101 cm³/mol. The van der Waals surface area contributed by atoms with Gasteiger partial charge in [0.05, 0.1) is 25.7 Å². The van der Waals surface area contributed by atoms with E-state index in [0.717, 1.165) is 10.2 Å². The molecule has 3 rings (SSSR count). The Kier molecular flexibility index (Phi) is 5.16. The summed E-state index contributed by atoms with van der Waals surface area (Å²) in [6, 6.07) is 7.03. The largest absolute Gasteiger partial charge is 0.444 e. The summed E-state index contributed by atoms with van der Waals surface area (Å²) in [5.41, 5.74) is -0.156. The van der Waals surface area contributed by atoms with Crippen molar-refractivity contribution < 1.29 is 19.1 Å². The van der Waals surface area contributed by atoms with Crippen molar-refractivity contribution in [2.24, 2.45) is 0 Å². The first-order valence-electron chi connectivity index (χ1n) is 8.59. The summed E-state index contributed by atoms with van der Waals surface area (Å²) in [5, 5.41) is 5.73. The lowest BCUT2D eigenvalue weighted by Crippen LogP contribution is -2.64. The van der Waals surface area contributed by atoms with E-state index in [2.05, 4.69) is 26.6 Å². The third-order valence-electron chi connectivity index (χ3n) is 4.26. The summed E-state index contributed by atoms with van der Waals surface area (Å²) in [4.78, 5) is 25.8. The van der Waals surface area contributed by atoms with Crippen molar-refractivity contribution >= 4 is 33.7 Å². The monoisotopic (exact) mass is 425 g/mol. The number of nitrogens with one attached hydrogen (secondary N) is 2. The highest BCUT2D eigenvalue weighted by atomic mass is 79.9. The average Bonchev–Trinajstić information content (AvgIpc) is 2.90. The summed E-state index contributed by atoms with van der Waals surface area (Å²) in [6.45, 7) is 6.96. The normalized spacial score (nSPS) is 21.2. The molecule has 2 saturated heterocycles. The van der Waals surface area contributed by atoms with Crippen LogP contribution in [0.25, 0.3) is 0 Å². The zero-order valence-electron chi connectivity index (χ0n) is 15.2. The number of carbonyl (C=O) groups excluding carboxylic acids is 2. The molecule has 2 heterocycles. The molecule has 2 fully saturated rings. The van der Waals surface area contributed by atoms with Crippen molar-refractivity contribution in [1.82, 2.24) is 10.2 Å². The van der Waals surface area contributed by atoms with Gasteiger partial charge in [-0.2, -0.15) is 0 Å². The molecule has 142 valence electrons. The number of nitrogens with zero attached hydrogens (tertiary/aromatic N) is 1. The zero-order chi connectivity index (χ0) is 18.9. The Labute approximate surface area is 161 Å². The number of ether oxygens (including phenoxy) is 2. The molecule has 0 bridgehead atoms. The third kappa shape index (κ3) is 4.67. The summed E-state index contributed by atoms with van der Waals surface area (Å²) < 4.78 is 12.2. The molecule has 3 amide bonds. The van der Waals surface area contributed by atoms with Crippen LogP contribution in [0, 0.1) is 0 Å². The predicted octanol–water partition coefficient (Wildman–Crippen LogP) is 3.35. The molecule has 1 atom stereocenters. The van der Waals surface area contributed by atoms with Crippen LogP contribution in [0.4, 0.5) is 15.3 Å². The first-order chi connectivity index (χ1) is 12.1. The number of hydrogen-bond acceptors (Lipinski definition) is 4. The Morgan fingerprint density at radius 2 is 1.92 bits per heavy atom. The van der Waals surface area contributed by atoms with Crippen LogP contribution < -0.4 is 10.6 Å². The van der Waals surface area contributed by atoms with E-state index < -0.39 is 5.60 Å². The number of likely N-dealkylation sites (tertiary alicyclic amines) is 1. The summed E-state index contributed by atoms with van der Waals surface area (Å²) in [6.07, 6.45) is 0.358. The summed E-state index contributed by atoms with van der Waals surface area (Å²) >= 11 is 3.36. The fourth-order valence-corrected chi connectivity index (χ4v) is 3.41. The quantitative estimate of drug-likeness (QED) is 0.760. The van der Waals surface area contributed by atoms with Gasteiger partial charge in [-0.05, 0) is 45.0 Å². The fourth-order valence-electron chi connectivity index (χ4n) is 3.15. The molecule has 2 aliphatic heterocycles. The number of carbonyl (C=O) groups is 2. The van der Waals surface area contributed by atoms with Crippen molar-refractivity contribution in [3.8, 4) is 0 Å². The van der Waals surface area contributed by atoms with E-state index in [9.17, 15) is 9.59 Å².